The number of ether oxygens (including phenoxy) is 1. The van der Waals surface area contributed by atoms with Gasteiger partial charge in [0.05, 0.1) is 16.4 Å². The van der Waals surface area contributed by atoms with Crippen molar-refractivity contribution in [2.45, 2.75) is 25.8 Å². The van der Waals surface area contributed by atoms with Crippen LogP contribution in [0.15, 0.2) is 18.2 Å². The monoisotopic (exact) mass is 342 g/mol. The van der Waals surface area contributed by atoms with E-state index in [9.17, 15) is 0 Å². The van der Waals surface area contributed by atoms with Crippen LogP contribution in [-0.4, -0.2) is 9.78 Å². The molecule has 1 aromatic carbocycles. The van der Waals surface area contributed by atoms with E-state index < -0.39 is 0 Å². The van der Waals surface area contributed by atoms with Gasteiger partial charge < -0.3 is 4.74 Å². The zero-order valence-electron chi connectivity index (χ0n) is 11.2. The summed E-state index contributed by atoms with van der Waals surface area (Å²) >= 11 is 9.68. The van der Waals surface area contributed by atoms with Gasteiger partial charge in [-0.05, 0) is 19.9 Å². The van der Waals surface area contributed by atoms with Gasteiger partial charge >= 0.3 is 0 Å². The molecule has 0 spiro atoms. The van der Waals surface area contributed by atoms with Gasteiger partial charge in [-0.1, -0.05) is 45.2 Å². The van der Waals surface area contributed by atoms with Crippen molar-refractivity contribution < 1.29 is 4.74 Å². The van der Waals surface area contributed by atoms with E-state index in [1.807, 2.05) is 26.1 Å². The topological polar surface area (TPSA) is 27.1 Å². The lowest BCUT2D eigenvalue weighted by Crippen LogP contribution is -2.04. The Balaban J connectivity index is 2.19. The van der Waals surface area contributed by atoms with E-state index in [1.165, 1.54) is 5.56 Å². The summed E-state index contributed by atoms with van der Waals surface area (Å²) < 4.78 is 7.63. The van der Waals surface area contributed by atoms with Crippen LogP contribution < -0.4 is 4.74 Å². The largest absolute Gasteiger partial charge is 0.487 e. The molecule has 0 bridgehead atoms. The van der Waals surface area contributed by atoms with Gasteiger partial charge in [-0.3, -0.25) is 4.68 Å². The number of rotatable bonds is 4. The average Bonchev–Trinajstić information content (AvgIpc) is 2.62. The highest BCUT2D eigenvalue weighted by atomic mass is 79.9. The molecule has 0 N–H and O–H groups in total. The van der Waals surface area contributed by atoms with E-state index in [-0.39, 0.29) is 0 Å². The second-order valence-electron chi connectivity index (χ2n) is 4.50. The molecule has 5 heteroatoms. The molecule has 1 heterocycles. The minimum atomic E-state index is 0.416. The van der Waals surface area contributed by atoms with Crippen LogP contribution in [0.2, 0.25) is 5.02 Å². The standard InChI is InChI=1S/C14H16BrClN2O/c1-9-4-5-13(11(6-9)7-15)19-8-12-14(16)10(2)17-18(12)3/h4-6H,7-8H2,1-3H3. The maximum absolute atomic E-state index is 6.21. The highest BCUT2D eigenvalue weighted by Gasteiger charge is 2.12. The lowest BCUT2D eigenvalue weighted by Gasteiger charge is -2.11. The van der Waals surface area contributed by atoms with Crippen molar-refractivity contribution in [3.8, 4) is 5.75 Å². The molecule has 0 aliphatic heterocycles. The smallest absolute Gasteiger partial charge is 0.131 e. The fraction of sp³-hybridized carbons (Fsp3) is 0.357. The molecule has 0 aliphatic carbocycles. The Kier molecular flexibility index (Phi) is 4.53. The summed E-state index contributed by atoms with van der Waals surface area (Å²) in [4.78, 5) is 0. The number of nitrogens with zero attached hydrogens (tertiary/aromatic N) is 2. The summed E-state index contributed by atoms with van der Waals surface area (Å²) in [6, 6.07) is 6.14. The van der Waals surface area contributed by atoms with Crippen molar-refractivity contribution in [3.05, 3.63) is 45.7 Å². The van der Waals surface area contributed by atoms with Crippen LogP contribution in [0.4, 0.5) is 0 Å². The van der Waals surface area contributed by atoms with E-state index in [1.54, 1.807) is 4.68 Å². The fourth-order valence-electron chi connectivity index (χ4n) is 1.94. The maximum Gasteiger partial charge on any atom is 0.131 e. The van der Waals surface area contributed by atoms with Crippen LogP contribution >= 0.6 is 27.5 Å². The molecule has 0 amide bonds. The van der Waals surface area contributed by atoms with Crippen LogP contribution in [-0.2, 0) is 19.0 Å². The van der Waals surface area contributed by atoms with Gasteiger partial charge in [0, 0.05) is 17.9 Å². The van der Waals surface area contributed by atoms with Crippen molar-refractivity contribution >= 4 is 27.5 Å². The Bertz CT molecular complexity index is 595. The van der Waals surface area contributed by atoms with Crippen molar-refractivity contribution in [2.24, 2.45) is 7.05 Å². The number of hydrogen-bond acceptors (Lipinski definition) is 2. The average molecular weight is 344 g/mol. The minimum Gasteiger partial charge on any atom is -0.487 e. The van der Waals surface area contributed by atoms with Crippen molar-refractivity contribution in [2.75, 3.05) is 0 Å². The van der Waals surface area contributed by atoms with E-state index in [2.05, 4.69) is 34.0 Å². The van der Waals surface area contributed by atoms with Crippen LogP contribution in [0.3, 0.4) is 0 Å². The Hall–Kier alpha value is -1.00. The third-order valence-electron chi connectivity index (χ3n) is 2.99. The molecule has 0 radical (unpaired) electrons. The molecule has 1 aromatic heterocycles. The number of benzene rings is 1. The van der Waals surface area contributed by atoms with Gasteiger partial charge in [0.25, 0.3) is 0 Å². The van der Waals surface area contributed by atoms with Gasteiger partial charge in [-0.15, -0.1) is 0 Å². The minimum absolute atomic E-state index is 0.416. The number of aromatic nitrogens is 2. The first-order chi connectivity index (χ1) is 9.02. The summed E-state index contributed by atoms with van der Waals surface area (Å²) in [5.41, 5.74) is 4.07. The molecule has 0 aliphatic rings. The lowest BCUT2D eigenvalue weighted by atomic mass is 10.1. The van der Waals surface area contributed by atoms with Gasteiger partial charge in [0.2, 0.25) is 0 Å². The van der Waals surface area contributed by atoms with Crippen LogP contribution in [0.5, 0.6) is 5.75 Å². The number of halogens is 2. The second-order valence-corrected chi connectivity index (χ2v) is 5.44. The third-order valence-corrected chi connectivity index (χ3v) is 4.08. The van der Waals surface area contributed by atoms with Crippen molar-refractivity contribution in [3.63, 3.8) is 0 Å². The van der Waals surface area contributed by atoms with Gasteiger partial charge in [0.1, 0.15) is 12.4 Å². The van der Waals surface area contributed by atoms with Crippen molar-refractivity contribution in [1.82, 2.24) is 9.78 Å². The summed E-state index contributed by atoms with van der Waals surface area (Å²) in [7, 11) is 1.87. The van der Waals surface area contributed by atoms with E-state index >= 15 is 0 Å². The fourth-order valence-corrected chi connectivity index (χ4v) is 2.59. The summed E-state index contributed by atoms with van der Waals surface area (Å²) in [6.07, 6.45) is 0. The number of alkyl halides is 1. The Labute approximate surface area is 126 Å². The molecule has 2 aromatic rings. The molecular weight excluding hydrogens is 328 g/mol. The quantitative estimate of drug-likeness (QED) is 0.779. The first kappa shape index (κ1) is 14.4. The summed E-state index contributed by atoms with van der Waals surface area (Å²) in [5.74, 6) is 0.873. The second kappa shape index (κ2) is 5.97. The van der Waals surface area contributed by atoms with Crippen LogP contribution in [0.1, 0.15) is 22.5 Å². The van der Waals surface area contributed by atoms with Gasteiger partial charge in [-0.2, -0.15) is 5.10 Å². The summed E-state index contributed by atoms with van der Waals surface area (Å²) in [5, 5.41) is 5.72. The molecule has 0 unspecified atom stereocenters. The molecule has 102 valence electrons. The van der Waals surface area contributed by atoms with Gasteiger partial charge in [0.15, 0.2) is 0 Å². The third kappa shape index (κ3) is 3.12. The molecule has 0 saturated heterocycles. The normalized spacial score (nSPS) is 10.8. The Morgan fingerprint density at radius 1 is 1.37 bits per heavy atom. The first-order valence-electron chi connectivity index (χ1n) is 5.99. The highest BCUT2D eigenvalue weighted by Crippen LogP contribution is 2.25. The molecule has 0 fully saturated rings. The predicted octanol–water partition coefficient (Wildman–Crippen LogP) is 4.16. The lowest BCUT2D eigenvalue weighted by molar-refractivity contribution is 0.293. The van der Waals surface area contributed by atoms with Gasteiger partial charge in [-0.25, -0.2) is 0 Å². The zero-order chi connectivity index (χ0) is 14.0. The Morgan fingerprint density at radius 3 is 2.68 bits per heavy atom. The zero-order valence-corrected chi connectivity index (χ0v) is 13.5. The van der Waals surface area contributed by atoms with E-state index in [0.29, 0.717) is 11.6 Å². The summed E-state index contributed by atoms with van der Waals surface area (Å²) in [6.45, 7) is 4.37. The molecule has 3 nitrogen and oxygen atoms in total. The van der Waals surface area contributed by atoms with Crippen molar-refractivity contribution in [1.29, 1.82) is 0 Å². The molecule has 2 rings (SSSR count). The SMILES string of the molecule is Cc1ccc(OCc2c(Cl)c(C)nn2C)c(CBr)c1. The van der Waals surface area contributed by atoms with Crippen LogP contribution in [0.25, 0.3) is 0 Å². The van der Waals surface area contributed by atoms with Crippen LogP contribution in [0, 0.1) is 13.8 Å². The maximum atomic E-state index is 6.21. The van der Waals surface area contributed by atoms with E-state index in [4.69, 9.17) is 16.3 Å². The highest BCUT2D eigenvalue weighted by molar-refractivity contribution is 9.08. The molecule has 0 atom stereocenters. The van der Waals surface area contributed by atoms with E-state index in [0.717, 1.165) is 28.0 Å². The first-order valence-corrected chi connectivity index (χ1v) is 7.49. The predicted molar refractivity (Wildman–Crippen MR) is 81.1 cm³/mol. The number of aryl methyl sites for hydroxylation is 3. The number of hydrogen-bond donors (Lipinski definition) is 0. The molecule has 0 saturated carbocycles. The Morgan fingerprint density at radius 2 is 2.11 bits per heavy atom. The molecular formula is C14H16BrClN2O. The molecule has 19 heavy (non-hydrogen) atoms.